The van der Waals surface area contributed by atoms with E-state index in [0.29, 0.717) is 6.61 Å². The van der Waals surface area contributed by atoms with Gasteiger partial charge in [-0.15, -0.1) is 0 Å². The lowest BCUT2D eigenvalue weighted by Crippen LogP contribution is -2.57. The first-order valence-electron chi connectivity index (χ1n) is 5.82. The van der Waals surface area contributed by atoms with Crippen LogP contribution in [0, 0.1) is 0 Å². The van der Waals surface area contributed by atoms with Crippen molar-refractivity contribution in [3.8, 4) is 0 Å². The maximum atomic E-state index is 11.9. The maximum Gasteiger partial charge on any atom is 0.411 e. The Morgan fingerprint density at radius 2 is 1.72 bits per heavy atom. The number of aliphatic carboxylic acids is 1. The zero-order chi connectivity index (χ0) is 14.6. The van der Waals surface area contributed by atoms with Gasteiger partial charge in [0.05, 0.1) is 6.61 Å². The minimum absolute atomic E-state index is 0.0887. The van der Waals surface area contributed by atoms with Gasteiger partial charge in [-0.25, -0.2) is 9.59 Å². The van der Waals surface area contributed by atoms with Crippen LogP contribution in [0.15, 0.2) is 0 Å². The molecule has 0 aromatic rings. The van der Waals surface area contributed by atoms with Crippen LogP contribution in [0.2, 0.25) is 0 Å². The summed E-state index contributed by atoms with van der Waals surface area (Å²) in [5.74, 6) is -1.13. The number of amides is 1. The van der Waals surface area contributed by atoms with E-state index in [0.717, 1.165) is 4.90 Å². The van der Waals surface area contributed by atoms with Crippen LogP contribution >= 0.6 is 0 Å². The second kappa shape index (κ2) is 6.04. The summed E-state index contributed by atoms with van der Waals surface area (Å²) in [5.41, 5.74) is -2.12. The van der Waals surface area contributed by atoms with Crippen LogP contribution in [-0.2, 0) is 14.3 Å². The summed E-state index contributed by atoms with van der Waals surface area (Å²) in [4.78, 5) is 24.2. The Kier molecular flexibility index (Phi) is 5.60. The van der Waals surface area contributed by atoms with Crippen molar-refractivity contribution < 1.29 is 24.2 Å². The molecule has 6 nitrogen and oxygen atoms in total. The summed E-state index contributed by atoms with van der Waals surface area (Å²) in [6.07, 6.45) is -0.688. The molecule has 0 spiro atoms. The molecule has 0 fully saturated rings. The van der Waals surface area contributed by atoms with Crippen LogP contribution in [0.4, 0.5) is 4.79 Å². The van der Waals surface area contributed by atoms with Crippen molar-refractivity contribution in [3.05, 3.63) is 0 Å². The smallest absolute Gasteiger partial charge is 0.411 e. The molecule has 0 aliphatic rings. The highest BCUT2D eigenvalue weighted by atomic mass is 16.6. The number of ether oxygens (including phenoxy) is 2. The Bertz CT molecular complexity index is 310. The van der Waals surface area contributed by atoms with Gasteiger partial charge in [-0.3, -0.25) is 4.90 Å². The molecule has 0 saturated carbocycles. The minimum atomic E-state index is -1.45. The number of hydrogen-bond donors (Lipinski definition) is 1. The average Bonchev–Trinajstić information content (AvgIpc) is 2.22. The van der Waals surface area contributed by atoms with Gasteiger partial charge in [0.1, 0.15) is 5.60 Å². The van der Waals surface area contributed by atoms with Crippen molar-refractivity contribution in [3.63, 3.8) is 0 Å². The Morgan fingerprint density at radius 3 is 2.06 bits per heavy atom. The topological polar surface area (TPSA) is 76.1 Å². The number of carbonyl (C=O) groups is 2. The second-order valence-corrected chi connectivity index (χ2v) is 5.26. The van der Waals surface area contributed by atoms with Gasteiger partial charge in [-0.2, -0.15) is 0 Å². The van der Waals surface area contributed by atoms with Gasteiger partial charge in [0.25, 0.3) is 0 Å². The molecule has 0 aromatic carbocycles. The minimum Gasteiger partial charge on any atom is -0.479 e. The summed E-state index contributed by atoms with van der Waals surface area (Å²) >= 11 is 0. The van der Waals surface area contributed by atoms with E-state index in [2.05, 4.69) is 0 Å². The van der Waals surface area contributed by atoms with Crippen LogP contribution in [0.25, 0.3) is 0 Å². The Labute approximate surface area is 108 Å². The van der Waals surface area contributed by atoms with E-state index in [1.54, 1.807) is 27.7 Å². The third-order valence-corrected chi connectivity index (χ3v) is 2.46. The molecule has 1 unspecified atom stereocenters. The van der Waals surface area contributed by atoms with Crippen LogP contribution in [0.5, 0.6) is 0 Å². The molecule has 6 heteroatoms. The lowest BCUT2D eigenvalue weighted by molar-refractivity contribution is -0.153. The Morgan fingerprint density at radius 1 is 1.22 bits per heavy atom. The molecule has 0 rings (SSSR count). The van der Waals surface area contributed by atoms with E-state index in [1.807, 2.05) is 0 Å². The largest absolute Gasteiger partial charge is 0.479 e. The van der Waals surface area contributed by atoms with Crippen molar-refractivity contribution in [2.75, 3.05) is 20.3 Å². The van der Waals surface area contributed by atoms with Gasteiger partial charge in [0.15, 0.2) is 5.54 Å². The highest BCUT2D eigenvalue weighted by molar-refractivity contribution is 5.84. The lowest BCUT2D eigenvalue weighted by atomic mass is 10.0. The molecule has 1 amide bonds. The molecule has 1 N–H and O–H groups in total. The van der Waals surface area contributed by atoms with Gasteiger partial charge < -0.3 is 14.6 Å². The fourth-order valence-electron chi connectivity index (χ4n) is 1.13. The molecule has 106 valence electrons. The van der Waals surface area contributed by atoms with Gasteiger partial charge in [0.2, 0.25) is 0 Å². The molecule has 18 heavy (non-hydrogen) atoms. The molecule has 0 heterocycles. The maximum absolute atomic E-state index is 11.9. The molecule has 0 aliphatic carbocycles. The number of nitrogens with zero attached hydrogens (tertiary/aromatic N) is 1. The summed E-state index contributed by atoms with van der Waals surface area (Å²) in [7, 11) is 1.39. The van der Waals surface area contributed by atoms with Crippen molar-refractivity contribution in [2.45, 2.75) is 45.8 Å². The lowest BCUT2D eigenvalue weighted by Gasteiger charge is -2.35. The molecular weight excluding hydrogens is 238 g/mol. The SMILES string of the molecule is CCOCC(C)(C(=O)O)N(C)C(=O)OC(C)(C)C. The number of carboxylic acids is 1. The quantitative estimate of drug-likeness (QED) is 0.815. The fraction of sp³-hybridized carbons (Fsp3) is 0.833. The molecule has 0 aliphatic heterocycles. The molecule has 0 bridgehead atoms. The number of rotatable bonds is 5. The Balaban J connectivity index is 4.91. The normalized spacial score (nSPS) is 14.8. The molecule has 1 atom stereocenters. The van der Waals surface area contributed by atoms with Gasteiger partial charge in [0, 0.05) is 13.7 Å². The Hall–Kier alpha value is -1.30. The van der Waals surface area contributed by atoms with Crippen molar-refractivity contribution >= 4 is 12.1 Å². The number of carboxylic acid groups (broad SMARTS) is 1. The first-order valence-corrected chi connectivity index (χ1v) is 5.82. The van der Waals surface area contributed by atoms with Gasteiger partial charge in [-0.05, 0) is 34.6 Å². The standard InChI is InChI=1S/C12H23NO5/c1-7-17-8-12(5,9(14)15)13(6)10(16)18-11(2,3)4/h7-8H2,1-6H3,(H,14,15). The highest BCUT2D eigenvalue weighted by Gasteiger charge is 2.42. The average molecular weight is 261 g/mol. The number of carbonyl (C=O) groups excluding carboxylic acids is 1. The monoisotopic (exact) mass is 261 g/mol. The zero-order valence-electron chi connectivity index (χ0n) is 11.9. The zero-order valence-corrected chi connectivity index (χ0v) is 11.9. The van der Waals surface area contributed by atoms with Crippen molar-refractivity contribution in [1.29, 1.82) is 0 Å². The van der Waals surface area contributed by atoms with Crippen LogP contribution in [0.3, 0.4) is 0 Å². The van der Waals surface area contributed by atoms with E-state index in [1.165, 1.54) is 14.0 Å². The predicted octanol–water partition coefficient (Wildman–Crippen LogP) is 1.73. The fourth-order valence-corrected chi connectivity index (χ4v) is 1.13. The van der Waals surface area contributed by atoms with E-state index >= 15 is 0 Å². The summed E-state index contributed by atoms with van der Waals surface area (Å²) in [5, 5.41) is 9.25. The summed E-state index contributed by atoms with van der Waals surface area (Å²) in [6, 6.07) is 0. The molecular formula is C12H23NO5. The van der Waals surface area contributed by atoms with Crippen LogP contribution in [0.1, 0.15) is 34.6 Å². The third-order valence-electron chi connectivity index (χ3n) is 2.46. The van der Waals surface area contributed by atoms with Gasteiger partial charge in [-0.1, -0.05) is 0 Å². The van der Waals surface area contributed by atoms with Crippen LogP contribution < -0.4 is 0 Å². The molecule has 0 radical (unpaired) electrons. The number of hydrogen-bond acceptors (Lipinski definition) is 4. The summed E-state index contributed by atoms with van der Waals surface area (Å²) < 4.78 is 10.3. The van der Waals surface area contributed by atoms with Crippen LogP contribution in [-0.4, -0.2) is 53.5 Å². The van der Waals surface area contributed by atoms with E-state index in [4.69, 9.17) is 9.47 Å². The van der Waals surface area contributed by atoms with E-state index < -0.39 is 23.2 Å². The first kappa shape index (κ1) is 16.7. The van der Waals surface area contributed by atoms with E-state index in [-0.39, 0.29) is 6.61 Å². The number of likely N-dealkylation sites (N-methyl/N-ethyl adjacent to an activating group) is 1. The van der Waals surface area contributed by atoms with Crippen molar-refractivity contribution in [1.82, 2.24) is 4.90 Å². The highest BCUT2D eigenvalue weighted by Crippen LogP contribution is 2.18. The third kappa shape index (κ3) is 4.52. The van der Waals surface area contributed by atoms with Crippen molar-refractivity contribution in [2.24, 2.45) is 0 Å². The summed E-state index contributed by atoms with van der Waals surface area (Å²) in [6.45, 7) is 8.64. The molecule has 0 aromatic heterocycles. The predicted molar refractivity (Wildman–Crippen MR) is 66.5 cm³/mol. The second-order valence-electron chi connectivity index (χ2n) is 5.26. The van der Waals surface area contributed by atoms with Gasteiger partial charge >= 0.3 is 12.1 Å². The molecule has 0 saturated heterocycles. The first-order chi connectivity index (χ1) is 8.04. The van der Waals surface area contributed by atoms with E-state index in [9.17, 15) is 14.7 Å².